The van der Waals surface area contributed by atoms with Crippen molar-refractivity contribution in [1.29, 1.82) is 0 Å². The van der Waals surface area contributed by atoms with Crippen LogP contribution in [0, 0.1) is 12.8 Å². The molecule has 1 aliphatic carbocycles. The van der Waals surface area contributed by atoms with Crippen LogP contribution in [-0.4, -0.2) is 24.1 Å². The third kappa shape index (κ3) is 4.02. The molecule has 1 aromatic heterocycles. The summed E-state index contributed by atoms with van der Waals surface area (Å²) in [6, 6.07) is 4.95. The molecule has 1 saturated carbocycles. The molecule has 0 bridgehead atoms. The molecule has 2 aromatic rings. The lowest BCUT2D eigenvalue weighted by Crippen LogP contribution is -2.40. The molecule has 0 radical (unpaired) electrons. The van der Waals surface area contributed by atoms with Crippen LogP contribution in [0.2, 0.25) is 0 Å². The highest BCUT2D eigenvalue weighted by molar-refractivity contribution is 7.89. The molecule has 6 nitrogen and oxygen atoms in total. The highest BCUT2D eigenvalue weighted by atomic mass is 32.2. The summed E-state index contributed by atoms with van der Waals surface area (Å²) < 4.78 is 33.1. The average molecular weight is 349 g/mol. The van der Waals surface area contributed by atoms with E-state index in [0.717, 1.165) is 12.0 Å². The van der Waals surface area contributed by atoms with E-state index in [1.54, 1.807) is 18.2 Å². The number of nitrogens with zero attached hydrogens (tertiary/aromatic N) is 2. The van der Waals surface area contributed by atoms with Crippen molar-refractivity contribution in [3.63, 3.8) is 0 Å². The molecule has 0 aliphatic heterocycles. The van der Waals surface area contributed by atoms with Crippen LogP contribution in [0.25, 0.3) is 11.5 Å². The monoisotopic (exact) mass is 349 g/mol. The molecular weight excluding hydrogens is 326 g/mol. The Morgan fingerprint density at radius 3 is 2.62 bits per heavy atom. The van der Waals surface area contributed by atoms with Gasteiger partial charge in [-0.05, 0) is 64.2 Å². The second kappa shape index (κ2) is 5.97. The van der Waals surface area contributed by atoms with Crippen LogP contribution in [0.5, 0.6) is 0 Å². The molecule has 1 heterocycles. The Kier molecular flexibility index (Phi) is 4.25. The molecular formula is C17H23N3O3S. The maximum Gasteiger partial charge on any atom is 0.258 e. The lowest BCUT2D eigenvalue weighted by molar-refractivity contribution is 0.420. The zero-order chi connectivity index (χ0) is 17.5. The van der Waals surface area contributed by atoms with Gasteiger partial charge in [0.15, 0.2) is 5.82 Å². The fraction of sp³-hybridized carbons (Fsp3) is 0.529. The summed E-state index contributed by atoms with van der Waals surface area (Å²) in [5, 5.41) is 4.01. The lowest BCUT2D eigenvalue weighted by atomic mass is 10.1. The third-order valence-corrected chi connectivity index (χ3v) is 5.58. The lowest BCUT2D eigenvalue weighted by Gasteiger charge is -2.20. The number of benzene rings is 1. The van der Waals surface area contributed by atoms with Gasteiger partial charge in [-0.1, -0.05) is 11.2 Å². The summed E-state index contributed by atoms with van der Waals surface area (Å²) in [7, 11) is -3.61. The van der Waals surface area contributed by atoms with E-state index in [1.807, 2.05) is 27.7 Å². The zero-order valence-corrected chi connectivity index (χ0v) is 15.3. The number of aromatic nitrogens is 2. The molecule has 1 fully saturated rings. The van der Waals surface area contributed by atoms with Crippen molar-refractivity contribution in [1.82, 2.24) is 14.9 Å². The largest absolute Gasteiger partial charge is 0.334 e. The Labute approximate surface area is 142 Å². The quantitative estimate of drug-likeness (QED) is 0.896. The van der Waals surface area contributed by atoms with Crippen molar-refractivity contribution < 1.29 is 12.9 Å². The van der Waals surface area contributed by atoms with E-state index in [-0.39, 0.29) is 4.90 Å². The van der Waals surface area contributed by atoms with Crippen molar-refractivity contribution in [3.05, 3.63) is 29.6 Å². The smallest absolute Gasteiger partial charge is 0.258 e. The van der Waals surface area contributed by atoms with E-state index >= 15 is 0 Å². The number of rotatable bonds is 5. The van der Waals surface area contributed by atoms with E-state index in [2.05, 4.69) is 14.9 Å². The van der Waals surface area contributed by atoms with E-state index < -0.39 is 15.6 Å². The minimum Gasteiger partial charge on any atom is -0.334 e. The predicted octanol–water partition coefficient (Wildman–Crippen LogP) is 3.07. The predicted molar refractivity (Wildman–Crippen MR) is 91.0 cm³/mol. The fourth-order valence-corrected chi connectivity index (χ4v) is 3.93. The van der Waals surface area contributed by atoms with Gasteiger partial charge < -0.3 is 4.52 Å². The van der Waals surface area contributed by atoms with Crippen LogP contribution < -0.4 is 4.72 Å². The first-order valence-corrected chi connectivity index (χ1v) is 9.60. The van der Waals surface area contributed by atoms with Crippen molar-refractivity contribution in [2.45, 2.75) is 57.4 Å². The highest BCUT2D eigenvalue weighted by Crippen LogP contribution is 2.32. The topological polar surface area (TPSA) is 85.1 Å². The Hall–Kier alpha value is -1.73. The molecule has 1 aromatic carbocycles. The van der Waals surface area contributed by atoms with Crippen LogP contribution in [0.4, 0.5) is 0 Å². The summed E-state index contributed by atoms with van der Waals surface area (Å²) in [5.41, 5.74) is 0.999. The third-order valence-electron chi connectivity index (χ3n) is 3.83. The second-order valence-electron chi connectivity index (χ2n) is 7.50. The molecule has 1 N–H and O–H groups in total. The second-order valence-corrected chi connectivity index (χ2v) is 9.18. The highest BCUT2D eigenvalue weighted by Gasteiger charge is 2.26. The van der Waals surface area contributed by atoms with Gasteiger partial charge in [0.1, 0.15) is 0 Å². The molecule has 7 heteroatoms. The molecule has 0 saturated heterocycles. The average Bonchev–Trinajstić information content (AvgIpc) is 3.13. The first-order chi connectivity index (χ1) is 11.1. The maximum atomic E-state index is 12.5. The Morgan fingerprint density at radius 1 is 1.29 bits per heavy atom. The molecule has 0 atom stereocenters. The number of hydrogen-bond donors (Lipinski definition) is 1. The zero-order valence-electron chi connectivity index (χ0n) is 14.5. The van der Waals surface area contributed by atoms with Crippen LogP contribution in [0.15, 0.2) is 27.6 Å². The number of hydrogen-bond acceptors (Lipinski definition) is 5. The van der Waals surface area contributed by atoms with E-state index in [4.69, 9.17) is 4.52 Å². The Bertz CT molecular complexity index is 846. The van der Waals surface area contributed by atoms with Gasteiger partial charge in [0.25, 0.3) is 5.89 Å². The Morgan fingerprint density at radius 2 is 2.00 bits per heavy atom. The number of sulfonamides is 1. The van der Waals surface area contributed by atoms with Gasteiger partial charge in [-0.25, -0.2) is 13.1 Å². The summed E-state index contributed by atoms with van der Waals surface area (Å²) in [4.78, 5) is 4.62. The van der Waals surface area contributed by atoms with E-state index in [0.29, 0.717) is 23.2 Å². The standard InChI is InChI=1S/C17H23N3O3S/c1-11-5-8-13(24(21,22)20-17(2,3)4)10-14(11)16-18-15(19-23-16)9-12-6-7-12/h5,8,10,12,20H,6-7,9H2,1-4H3. The van der Waals surface area contributed by atoms with Gasteiger partial charge >= 0.3 is 0 Å². The molecule has 0 amide bonds. The number of nitrogens with one attached hydrogen (secondary N) is 1. The maximum absolute atomic E-state index is 12.5. The van der Waals surface area contributed by atoms with Gasteiger partial charge in [0.05, 0.1) is 4.90 Å². The Balaban J connectivity index is 1.92. The molecule has 0 spiro atoms. The molecule has 130 valence electrons. The molecule has 0 unspecified atom stereocenters. The van der Waals surface area contributed by atoms with Gasteiger partial charge in [0.2, 0.25) is 10.0 Å². The fourth-order valence-electron chi connectivity index (χ4n) is 2.49. The minimum absolute atomic E-state index is 0.194. The van der Waals surface area contributed by atoms with Crippen molar-refractivity contribution >= 4 is 10.0 Å². The van der Waals surface area contributed by atoms with Gasteiger partial charge in [0, 0.05) is 17.5 Å². The van der Waals surface area contributed by atoms with Crippen LogP contribution in [0.3, 0.4) is 0 Å². The van der Waals surface area contributed by atoms with Crippen molar-refractivity contribution in [3.8, 4) is 11.5 Å². The summed E-state index contributed by atoms with van der Waals surface area (Å²) in [6.45, 7) is 7.32. The SMILES string of the molecule is Cc1ccc(S(=O)(=O)NC(C)(C)C)cc1-c1nc(CC2CC2)no1. The molecule has 24 heavy (non-hydrogen) atoms. The van der Waals surface area contributed by atoms with E-state index in [1.165, 1.54) is 12.8 Å². The van der Waals surface area contributed by atoms with Crippen LogP contribution in [0.1, 0.15) is 45.0 Å². The first kappa shape index (κ1) is 17.1. The summed E-state index contributed by atoms with van der Waals surface area (Å²) >= 11 is 0. The van der Waals surface area contributed by atoms with E-state index in [9.17, 15) is 8.42 Å². The van der Waals surface area contributed by atoms with Crippen LogP contribution >= 0.6 is 0 Å². The van der Waals surface area contributed by atoms with Gasteiger partial charge in [-0.15, -0.1) is 0 Å². The number of aryl methyl sites for hydroxylation is 1. The minimum atomic E-state index is -3.61. The van der Waals surface area contributed by atoms with Gasteiger partial charge in [-0.2, -0.15) is 4.98 Å². The first-order valence-electron chi connectivity index (χ1n) is 8.12. The van der Waals surface area contributed by atoms with Crippen LogP contribution in [-0.2, 0) is 16.4 Å². The molecule has 1 aliphatic rings. The molecule has 3 rings (SSSR count). The van der Waals surface area contributed by atoms with Crippen molar-refractivity contribution in [2.24, 2.45) is 5.92 Å². The van der Waals surface area contributed by atoms with Gasteiger partial charge in [-0.3, -0.25) is 0 Å². The normalized spacial score (nSPS) is 15.7. The summed E-state index contributed by atoms with van der Waals surface area (Å²) in [5.74, 6) is 1.73. The van der Waals surface area contributed by atoms with Crippen molar-refractivity contribution in [2.75, 3.05) is 0 Å². The summed E-state index contributed by atoms with van der Waals surface area (Å²) in [6.07, 6.45) is 3.26.